The predicted molar refractivity (Wildman–Crippen MR) is 190 cm³/mol. The van der Waals surface area contributed by atoms with E-state index in [1.165, 1.54) is 12.1 Å². The molecule has 3 aliphatic heterocycles. The normalized spacial score (nSPS) is 19.9. The first kappa shape index (κ1) is 33.9. The minimum atomic E-state index is -4.18. The monoisotopic (exact) mass is 697 g/mol. The number of fused-ring (bicyclic) bond motifs is 4. The van der Waals surface area contributed by atoms with E-state index in [1.807, 2.05) is 44.4 Å². The van der Waals surface area contributed by atoms with E-state index in [0.29, 0.717) is 17.9 Å². The number of nitrogens with zero attached hydrogens (tertiary/aromatic N) is 6. The van der Waals surface area contributed by atoms with Crippen LogP contribution in [0.4, 0.5) is 11.6 Å². The van der Waals surface area contributed by atoms with Crippen molar-refractivity contribution in [3.63, 3.8) is 0 Å². The number of rotatable bonds is 5. The lowest BCUT2D eigenvalue weighted by atomic mass is 9.85. The molecule has 0 aliphatic carbocycles. The average Bonchev–Trinajstić information content (AvgIpc) is 3.52. The van der Waals surface area contributed by atoms with Crippen LogP contribution in [0.3, 0.4) is 0 Å². The SMILES string of the molecule is Cc1cccc(C)c1-c1cc2nc(n1)NS(=O)(=O)c1cccc(c1)C(=O)N(Cc1ncc(N3CCC4(COC4)C3)cn1)[C@H](CC(C)(C)C)CO2. The van der Waals surface area contributed by atoms with Crippen LogP contribution in [0.25, 0.3) is 11.3 Å². The molecule has 50 heavy (non-hydrogen) atoms. The second-order valence-electron chi connectivity index (χ2n) is 15.0. The van der Waals surface area contributed by atoms with Gasteiger partial charge in [-0.15, -0.1) is 0 Å². The number of amides is 1. The van der Waals surface area contributed by atoms with E-state index in [0.717, 1.165) is 55.1 Å². The molecule has 5 heterocycles. The fraction of sp³-hybridized carbons (Fsp3) is 0.432. The Morgan fingerprint density at radius 1 is 1.00 bits per heavy atom. The molecule has 13 heteroatoms. The van der Waals surface area contributed by atoms with Crippen LogP contribution in [-0.4, -0.2) is 78.1 Å². The Morgan fingerprint density at radius 3 is 2.38 bits per heavy atom. The topological polar surface area (TPSA) is 140 Å². The smallest absolute Gasteiger partial charge is 0.264 e. The van der Waals surface area contributed by atoms with Crippen molar-refractivity contribution in [1.29, 1.82) is 0 Å². The van der Waals surface area contributed by atoms with Crippen LogP contribution < -0.4 is 14.4 Å². The zero-order valence-electron chi connectivity index (χ0n) is 29.1. The number of benzene rings is 2. The number of hydrogen-bond donors (Lipinski definition) is 1. The first-order valence-electron chi connectivity index (χ1n) is 16.9. The molecule has 1 spiro atoms. The molecule has 262 valence electrons. The molecule has 1 N–H and O–H groups in total. The van der Waals surface area contributed by atoms with E-state index in [2.05, 4.69) is 40.4 Å². The molecular formula is C37H43N7O5S. The summed E-state index contributed by atoms with van der Waals surface area (Å²) in [6.45, 7) is 13.9. The Kier molecular flexibility index (Phi) is 8.75. The van der Waals surface area contributed by atoms with E-state index in [-0.39, 0.29) is 52.2 Å². The number of hydrogen-bond acceptors (Lipinski definition) is 10. The standard InChI is InChI=1S/C37H43N7O5S/c1-24-8-6-9-25(2)33(24)30-15-32-41-35(40-30)42-50(46,47)29-11-7-10-26(14-29)34(45)44(27(20-49-32)16-36(3,4)5)19-31-38-17-28(18-39-31)43-13-12-37(21-43)22-48-23-37/h6-11,14-15,17-18,27H,12-13,16,19-23H2,1-5H3,(H,40,41,42)/t27-/m1/s1. The van der Waals surface area contributed by atoms with Crippen LogP contribution in [0, 0.1) is 24.7 Å². The lowest BCUT2D eigenvalue weighted by Crippen LogP contribution is -2.45. The second-order valence-corrected chi connectivity index (χ2v) is 16.7. The van der Waals surface area contributed by atoms with Gasteiger partial charge in [0.15, 0.2) is 0 Å². The summed E-state index contributed by atoms with van der Waals surface area (Å²) < 4.78 is 41.8. The minimum absolute atomic E-state index is 0.0840. The van der Waals surface area contributed by atoms with Crippen LogP contribution in [0.1, 0.15) is 60.9 Å². The lowest BCUT2D eigenvalue weighted by Gasteiger charge is -2.37. The van der Waals surface area contributed by atoms with Crippen molar-refractivity contribution in [3.05, 3.63) is 83.4 Å². The molecule has 2 aromatic carbocycles. The summed E-state index contributed by atoms with van der Waals surface area (Å²) in [7, 11) is -4.18. The molecule has 3 aliphatic rings. The summed E-state index contributed by atoms with van der Waals surface area (Å²) in [6.07, 6.45) is 5.29. The minimum Gasteiger partial charge on any atom is -0.475 e. The fourth-order valence-corrected chi connectivity index (χ4v) is 8.06. The number of carbonyl (C=O) groups is 1. The summed E-state index contributed by atoms with van der Waals surface area (Å²) in [5.41, 5.74) is 4.52. The van der Waals surface area contributed by atoms with Gasteiger partial charge in [-0.3, -0.25) is 4.79 Å². The van der Waals surface area contributed by atoms with Crippen LogP contribution in [0.2, 0.25) is 0 Å². The van der Waals surface area contributed by atoms with Crippen molar-refractivity contribution in [2.45, 2.75) is 64.9 Å². The maximum atomic E-state index is 14.5. The average molecular weight is 698 g/mol. The highest BCUT2D eigenvalue weighted by Crippen LogP contribution is 2.39. The van der Waals surface area contributed by atoms with E-state index < -0.39 is 16.1 Å². The summed E-state index contributed by atoms with van der Waals surface area (Å²) in [4.78, 5) is 36.9. The highest BCUT2D eigenvalue weighted by molar-refractivity contribution is 7.92. The number of nitrogens with one attached hydrogen (secondary N) is 1. The predicted octanol–water partition coefficient (Wildman–Crippen LogP) is 5.42. The molecule has 7 rings (SSSR count). The second kappa shape index (κ2) is 12.9. The first-order chi connectivity index (χ1) is 23.8. The van der Waals surface area contributed by atoms with Crippen molar-refractivity contribution >= 4 is 27.6 Å². The van der Waals surface area contributed by atoms with Gasteiger partial charge in [0.05, 0.1) is 54.5 Å². The van der Waals surface area contributed by atoms with Crippen molar-refractivity contribution in [3.8, 4) is 17.1 Å². The van der Waals surface area contributed by atoms with Crippen molar-refractivity contribution in [2.24, 2.45) is 10.8 Å². The fourth-order valence-electron chi connectivity index (χ4n) is 7.07. The maximum Gasteiger partial charge on any atom is 0.264 e. The number of ether oxygens (including phenoxy) is 2. The van der Waals surface area contributed by atoms with Crippen LogP contribution in [-0.2, 0) is 21.3 Å². The summed E-state index contributed by atoms with van der Waals surface area (Å²) in [5.74, 6) is 0.182. The van der Waals surface area contributed by atoms with Gasteiger partial charge in [0.25, 0.3) is 15.9 Å². The Labute approximate surface area is 293 Å². The van der Waals surface area contributed by atoms with Crippen LogP contribution in [0.15, 0.2) is 65.8 Å². The molecule has 4 aromatic rings. The number of anilines is 2. The van der Waals surface area contributed by atoms with Crippen molar-refractivity contribution in [1.82, 2.24) is 24.8 Å². The molecule has 2 saturated heterocycles. The Morgan fingerprint density at radius 2 is 1.72 bits per heavy atom. The third-order valence-corrected chi connectivity index (χ3v) is 11.0. The van der Waals surface area contributed by atoms with Crippen LogP contribution in [0.5, 0.6) is 5.88 Å². The highest BCUT2D eigenvalue weighted by Gasteiger charge is 2.44. The largest absolute Gasteiger partial charge is 0.475 e. The van der Waals surface area contributed by atoms with E-state index in [9.17, 15) is 13.2 Å². The zero-order valence-corrected chi connectivity index (χ0v) is 30.0. The molecule has 1 atom stereocenters. The van der Waals surface area contributed by atoms with Gasteiger partial charge in [-0.25, -0.2) is 28.1 Å². The number of carbonyl (C=O) groups excluding carboxylic acids is 1. The van der Waals surface area contributed by atoms with Gasteiger partial charge in [-0.2, -0.15) is 4.98 Å². The molecule has 0 radical (unpaired) electrons. The Hall–Kier alpha value is -4.62. The van der Waals surface area contributed by atoms with Crippen LogP contribution >= 0.6 is 0 Å². The summed E-state index contributed by atoms with van der Waals surface area (Å²) >= 11 is 0. The number of aryl methyl sites for hydroxylation is 2. The van der Waals surface area contributed by atoms with Crippen molar-refractivity contribution in [2.75, 3.05) is 42.5 Å². The lowest BCUT2D eigenvalue weighted by molar-refractivity contribution is -0.0985. The number of sulfonamides is 1. The van der Waals surface area contributed by atoms with Gasteiger partial charge in [0.1, 0.15) is 12.4 Å². The molecule has 0 saturated carbocycles. The van der Waals surface area contributed by atoms with E-state index in [1.54, 1.807) is 23.1 Å². The molecule has 0 unspecified atom stereocenters. The van der Waals surface area contributed by atoms with Gasteiger partial charge in [0, 0.05) is 35.7 Å². The quantitative estimate of drug-likeness (QED) is 0.288. The van der Waals surface area contributed by atoms with Gasteiger partial charge in [-0.05, 0) is 61.4 Å². The molecular weight excluding hydrogens is 655 g/mol. The molecule has 2 aromatic heterocycles. The third kappa shape index (κ3) is 7.02. The third-order valence-electron chi connectivity index (χ3n) is 9.65. The van der Waals surface area contributed by atoms with E-state index in [4.69, 9.17) is 19.4 Å². The highest BCUT2D eigenvalue weighted by atomic mass is 32.2. The Balaban J connectivity index is 1.27. The molecule has 2 fully saturated rings. The van der Waals surface area contributed by atoms with Gasteiger partial charge in [-0.1, -0.05) is 45.0 Å². The molecule has 4 bridgehead atoms. The molecule has 1 amide bonds. The summed E-state index contributed by atoms with van der Waals surface area (Å²) in [5, 5.41) is 0. The van der Waals surface area contributed by atoms with Crippen molar-refractivity contribution < 1.29 is 22.7 Å². The zero-order chi connectivity index (χ0) is 35.3. The number of aromatic nitrogens is 4. The van der Waals surface area contributed by atoms with Gasteiger partial charge >= 0.3 is 0 Å². The first-order valence-corrected chi connectivity index (χ1v) is 18.4. The van der Waals surface area contributed by atoms with Gasteiger partial charge < -0.3 is 19.3 Å². The van der Waals surface area contributed by atoms with Gasteiger partial charge in [0.2, 0.25) is 11.8 Å². The maximum absolute atomic E-state index is 14.5. The Bertz CT molecular complexity index is 2010. The van der Waals surface area contributed by atoms with E-state index >= 15 is 0 Å². The summed E-state index contributed by atoms with van der Waals surface area (Å²) in [6, 6.07) is 13.2. The molecule has 12 nitrogen and oxygen atoms in total.